The molecule has 0 rings (SSSR count). The van der Waals surface area contributed by atoms with Crippen molar-refractivity contribution >= 4 is 11.9 Å². The first kappa shape index (κ1) is 9.94. The van der Waals surface area contributed by atoms with Crippen LogP contribution in [-0.4, -0.2) is 11.9 Å². The molecule has 11 heavy (non-hydrogen) atoms. The molecule has 0 saturated heterocycles. The highest BCUT2D eigenvalue weighted by atomic mass is 16.4. The number of hydrogen-bond donors (Lipinski definition) is 0. The molecule has 0 aromatic carbocycles. The molecule has 0 N–H and O–H groups in total. The quantitative estimate of drug-likeness (QED) is 0.482. The van der Waals surface area contributed by atoms with Gasteiger partial charge in [0.2, 0.25) is 0 Å². The molecule has 0 saturated carbocycles. The van der Waals surface area contributed by atoms with Gasteiger partial charge in [0.25, 0.3) is 0 Å². The summed E-state index contributed by atoms with van der Waals surface area (Å²) in [6.45, 7) is 3.87. The van der Waals surface area contributed by atoms with Crippen LogP contribution in [0.25, 0.3) is 0 Å². The maximum Gasteiger partial charge on any atom is 0.0477 e. The lowest BCUT2D eigenvalue weighted by Crippen LogP contribution is -2.48. The minimum absolute atomic E-state index is 1.05. The molecule has 4 heteroatoms. The molecule has 1 unspecified atom stereocenters. The van der Waals surface area contributed by atoms with Crippen LogP contribution in [0.15, 0.2) is 0 Å². The standard InChI is InChI=1S/C7H12O4/c1-4(5(8)9)7(2,3)6(10)11/h4H,1-3H3,(H,8,9)(H,10,11)/p-2. The fourth-order valence-electron chi connectivity index (χ4n) is 0.471. The van der Waals surface area contributed by atoms with Crippen molar-refractivity contribution in [1.82, 2.24) is 0 Å². The van der Waals surface area contributed by atoms with Gasteiger partial charge in [-0.1, -0.05) is 20.8 Å². The van der Waals surface area contributed by atoms with Gasteiger partial charge in [0.1, 0.15) is 0 Å². The van der Waals surface area contributed by atoms with E-state index in [1.54, 1.807) is 0 Å². The van der Waals surface area contributed by atoms with Gasteiger partial charge < -0.3 is 19.8 Å². The summed E-state index contributed by atoms with van der Waals surface area (Å²) in [7, 11) is 0. The van der Waals surface area contributed by atoms with Crippen molar-refractivity contribution < 1.29 is 19.8 Å². The molecular formula is C7H10O4-2. The largest absolute Gasteiger partial charge is 0.550 e. The SMILES string of the molecule is CC(C(=O)[O-])C(C)(C)C(=O)[O-]. The fraction of sp³-hybridized carbons (Fsp3) is 0.714. The second-order valence-corrected chi connectivity index (χ2v) is 3.05. The van der Waals surface area contributed by atoms with Crippen molar-refractivity contribution in [3.8, 4) is 0 Å². The van der Waals surface area contributed by atoms with Crippen LogP contribution in [0.1, 0.15) is 20.8 Å². The van der Waals surface area contributed by atoms with E-state index in [-0.39, 0.29) is 0 Å². The van der Waals surface area contributed by atoms with Gasteiger partial charge in [0, 0.05) is 23.3 Å². The number of carboxylic acids is 2. The number of hydrogen-bond acceptors (Lipinski definition) is 4. The topological polar surface area (TPSA) is 80.3 Å². The summed E-state index contributed by atoms with van der Waals surface area (Å²) >= 11 is 0. The van der Waals surface area contributed by atoms with E-state index in [1.165, 1.54) is 20.8 Å². The van der Waals surface area contributed by atoms with Gasteiger partial charge in [-0.3, -0.25) is 0 Å². The van der Waals surface area contributed by atoms with Crippen LogP contribution < -0.4 is 10.2 Å². The summed E-state index contributed by atoms with van der Waals surface area (Å²) in [5.74, 6) is -3.80. The van der Waals surface area contributed by atoms with E-state index >= 15 is 0 Å². The molecule has 0 heterocycles. The fourth-order valence-corrected chi connectivity index (χ4v) is 0.471. The first-order valence-corrected chi connectivity index (χ1v) is 3.22. The molecule has 0 radical (unpaired) electrons. The van der Waals surface area contributed by atoms with E-state index in [4.69, 9.17) is 0 Å². The van der Waals surface area contributed by atoms with E-state index in [0.29, 0.717) is 0 Å². The predicted octanol–water partition coefficient (Wildman–Crippen LogP) is -1.85. The maximum absolute atomic E-state index is 10.4. The van der Waals surface area contributed by atoms with Crippen molar-refractivity contribution in [3.05, 3.63) is 0 Å². The third-order valence-corrected chi connectivity index (χ3v) is 1.96. The Morgan fingerprint density at radius 1 is 1.27 bits per heavy atom. The molecule has 0 fully saturated rings. The minimum atomic E-state index is -1.38. The normalized spacial score (nSPS) is 14.1. The predicted molar refractivity (Wildman–Crippen MR) is 33.0 cm³/mol. The van der Waals surface area contributed by atoms with E-state index in [2.05, 4.69) is 0 Å². The third kappa shape index (κ3) is 1.93. The number of carboxylic acid groups (broad SMARTS) is 2. The number of aliphatic carboxylic acids is 2. The van der Waals surface area contributed by atoms with Crippen LogP contribution in [0.4, 0.5) is 0 Å². The van der Waals surface area contributed by atoms with Gasteiger partial charge in [-0.25, -0.2) is 0 Å². The van der Waals surface area contributed by atoms with Gasteiger partial charge in [-0.05, 0) is 0 Å². The molecule has 0 amide bonds. The Morgan fingerprint density at radius 3 is 1.73 bits per heavy atom. The van der Waals surface area contributed by atoms with Gasteiger partial charge >= 0.3 is 0 Å². The summed E-state index contributed by atoms with van der Waals surface area (Å²) < 4.78 is 0. The zero-order valence-corrected chi connectivity index (χ0v) is 6.71. The monoisotopic (exact) mass is 158 g/mol. The lowest BCUT2D eigenvalue weighted by molar-refractivity contribution is -0.332. The maximum atomic E-state index is 10.4. The molecule has 1 atom stereocenters. The number of rotatable bonds is 3. The molecular weight excluding hydrogens is 148 g/mol. The van der Waals surface area contributed by atoms with Crippen LogP contribution in [0.5, 0.6) is 0 Å². The highest BCUT2D eigenvalue weighted by molar-refractivity contribution is 5.80. The summed E-state index contributed by atoms with van der Waals surface area (Å²) in [6, 6.07) is 0. The van der Waals surface area contributed by atoms with Crippen molar-refractivity contribution in [1.29, 1.82) is 0 Å². The number of carbonyl (C=O) groups excluding carboxylic acids is 2. The molecule has 0 bridgehead atoms. The lowest BCUT2D eigenvalue weighted by Gasteiger charge is -2.33. The van der Waals surface area contributed by atoms with Crippen LogP contribution >= 0.6 is 0 Å². The van der Waals surface area contributed by atoms with Crippen LogP contribution in [0.2, 0.25) is 0 Å². The van der Waals surface area contributed by atoms with E-state index in [9.17, 15) is 19.8 Å². The Balaban J connectivity index is 4.55. The second-order valence-electron chi connectivity index (χ2n) is 3.05. The Bertz CT molecular complexity index is 183. The Labute approximate surface area is 64.8 Å². The molecule has 0 spiro atoms. The van der Waals surface area contributed by atoms with Crippen LogP contribution in [0.3, 0.4) is 0 Å². The van der Waals surface area contributed by atoms with Gasteiger partial charge in [-0.15, -0.1) is 0 Å². The first-order chi connectivity index (χ1) is 4.80. The van der Waals surface area contributed by atoms with E-state index in [1.807, 2.05) is 0 Å². The highest BCUT2D eigenvalue weighted by Gasteiger charge is 2.27. The van der Waals surface area contributed by atoms with Crippen molar-refractivity contribution in [3.63, 3.8) is 0 Å². The van der Waals surface area contributed by atoms with Crippen molar-refractivity contribution in [2.75, 3.05) is 0 Å². The molecule has 0 aromatic rings. The first-order valence-electron chi connectivity index (χ1n) is 3.22. The third-order valence-electron chi connectivity index (χ3n) is 1.96. The molecule has 0 aromatic heterocycles. The average molecular weight is 158 g/mol. The van der Waals surface area contributed by atoms with E-state index < -0.39 is 23.3 Å². The van der Waals surface area contributed by atoms with Crippen molar-refractivity contribution in [2.45, 2.75) is 20.8 Å². The van der Waals surface area contributed by atoms with E-state index in [0.717, 1.165) is 0 Å². The second kappa shape index (κ2) is 2.90. The molecule has 4 nitrogen and oxygen atoms in total. The molecule has 0 aliphatic heterocycles. The Kier molecular flexibility index (Phi) is 2.62. The smallest absolute Gasteiger partial charge is 0.0477 e. The summed E-state index contributed by atoms with van der Waals surface area (Å²) in [5.41, 5.74) is -1.38. The van der Waals surface area contributed by atoms with Gasteiger partial charge in [0.05, 0.1) is 0 Å². The Morgan fingerprint density at radius 2 is 1.64 bits per heavy atom. The molecule has 64 valence electrons. The zero-order chi connectivity index (χ0) is 9.23. The van der Waals surface area contributed by atoms with Crippen molar-refractivity contribution in [2.24, 2.45) is 11.3 Å². The van der Waals surface area contributed by atoms with Gasteiger partial charge in [0.15, 0.2) is 0 Å². The highest BCUT2D eigenvalue weighted by Crippen LogP contribution is 2.24. The van der Waals surface area contributed by atoms with Crippen LogP contribution in [0, 0.1) is 11.3 Å². The minimum Gasteiger partial charge on any atom is -0.550 e. The Hall–Kier alpha value is -1.06. The molecule has 0 aliphatic carbocycles. The van der Waals surface area contributed by atoms with Crippen LogP contribution in [-0.2, 0) is 9.59 Å². The summed E-state index contributed by atoms with van der Waals surface area (Å²) in [5, 5.41) is 20.6. The lowest BCUT2D eigenvalue weighted by atomic mass is 9.80. The summed E-state index contributed by atoms with van der Waals surface area (Å²) in [4.78, 5) is 20.6. The number of carbonyl (C=O) groups is 2. The van der Waals surface area contributed by atoms with Gasteiger partial charge in [-0.2, -0.15) is 0 Å². The molecule has 0 aliphatic rings. The average Bonchev–Trinajstić information content (AvgIpc) is 1.85. The summed E-state index contributed by atoms with van der Waals surface area (Å²) in [6.07, 6.45) is 0. The zero-order valence-electron chi connectivity index (χ0n) is 6.71.